The average Bonchev–Trinajstić information content (AvgIpc) is 3.81. The maximum Gasteiger partial charge on any atom is 0.328 e. The van der Waals surface area contributed by atoms with Gasteiger partial charge in [0, 0.05) is 40.8 Å². The van der Waals surface area contributed by atoms with E-state index in [9.17, 15) is 38.4 Å². The van der Waals surface area contributed by atoms with E-state index in [0.717, 1.165) is 5.56 Å². The zero-order valence-electron chi connectivity index (χ0n) is 47.3. The molecule has 1 aromatic carbocycles. The Morgan fingerprint density at radius 1 is 0.811 bits per heavy atom. The zero-order valence-corrected chi connectivity index (χ0v) is 47.3. The Bertz CT molecular complexity index is 1970. The second-order valence-corrected chi connectivity index (χ2v) is 21.7. The highest BCUT2D eigenvalue weighted by Gasteiger charge is 2.44. The van der Waals surface area contributed by atoms with E-state index in [2.05, 4.69) is 21.3 Å². The number of benzene rings is 1. The number of hydrogen-bond donors (Lipinski definition) is 5. The number of nitrogens with one attached hydrogen (secondary N) is 4. The lowest BCUT2D eigenvalue weighted by molar-refractivity contribution is -0.157. The van der Waals surface area contributed by atoms with Crippen LogP contribution in [0.15, 0.2) is 30.3 Å². The van der Waals surface area contributed by atoms with Crippen molar-refractivity contribution < 1.29 is 57.3 Å². The number of esters is 2. The molecule has 0 radical (unpaired) electrons. The fourth-order valence-electron chi connectivity index (χ4n) is 9.50. The molecule has 2 rings (SSSR count). The molecule has 1 aromatic rings. The summed E-state index contributed by atoms with van der Waals surface area (Å²) in [6.07, 6.45) is 0.443. The first-order valence-electron chi connectivity index (χ1n) is 26.2. The molecule has 1 fully saturated rings. The minimum atomic E-state index is -1.21. The van der Waals surface area contributed by atoms with Crippen LogP contribution in [0.1, 0.15) is 120 Å². The minimum absolute atomic E-state index is 0.00808. The maximum absolute atomic E-state index is 14.5. The highest BCUT2D eigenvalue weighted by molar-refractivity contribution is 5.91. The molecule has 20 nitrogen and oxygen atoms in total. The summed E-state index contributed by atoms with van der Waals surface area (Å²) in [4.78, 5) is 113. The van der Waals surface area contributed by atoms with Crippen molar-refractivity contribution in [1.29, 1.82) is 0 Å². The van der Waals surface area contributed by atoms with Crippen LogP contribution < -0.4 is 27.0 Å². The van der Waals surface area contributed by atoms with E-state index in [0.29, 0.717) is 25.8 Å². The lowest BCUT2D eigenvalue weighted by atomic mass is 9.89. The Kier molecular flexibility index (Phi) is 27.2. The predicted octanol–water partition coefficient (Wildman–Crippen LogP) is 2.97. The number of nitrogens with zero attached hydrogens (tertiary/aromatic N) is 3. The van der Waals surface area contributed by atoms with E-state index in [1.807, 2.05) is 90.9 Å². The van der Waals surface area contributed by atoms with Crippen LogP contribution in [0, 0.1) is 23.7 Å². The summed E-state index contributed by atoms with van der Waals surface area (Å²) >= 11 is 0. The molecule has 0 aromatic heterocycles. The quantitative estimate of drug-likeness (QED) is 0.0549. The molecule has 1 heterocycles. The number of amides is 6. The van der Waals surface area contributed by atoms with Gasteiger partial charge in [-0.1, -0.05) is 85.2 Å². The minimum Gasteiger partial charge on any atom is -0.464 e. The van der Waals surface area contributed by atoms with Gasteiger partial charge in [-0.25, -0.2) is 4.79 Å². The van der Waals surface area contributed by atoms with E-state index in [4.69, 9.17) is 24.7 Å². The van der Waals surface area contributed by atoms with E-state index >= 15 is 0 Å². The first-order valence-corrected chi connectivity index (χ1v) is 26.2. The van der Waals surface area contributed by atoms with Gasteiger partial charge in [-0.15, -0.1) is 0 Å². The molecular formula is C54H92N8O12. The molecule has 1 aliphatic heterocycles. The van der Waals surface area contributed by atoms with Gasteiger partial charge in [0.25, 0.3) is 0 Å². The first-order chi connectivity index (χ1) is 34.6. The molecule has 4 unspecified atom stereocenters. The van der Waals surface area contributed by atoms with Crippen LogP contribution >= 0.6 is 0 Å². The molecule has 74 heavy (non-hydrogen) atoms. The highest BCUT2D eigenvalue weighted by atomic mass is 16.6. The molecule has 420 valence electrons. The number of nitrogens with two attached hydrogens (primary N) is 1. The molecule has 0 saturated carbocycles. The highest BCUT2D eigenvalue weighted by Crippen LogP contribution is 2.30. The van der Waals surface area contributed by atoms with Gasteiger partial charge in [0.2, 0.25) is 35.4 Å². The summed E-state index contributed by atoms with van der Waals surface area (Å²) in [6, 6.07) is 3.72. The third-order valence-electron chi connectivity index (χ3n) is 13.6. The standard InChI is InChI=1S/C54H92N8O12/c1-17-34(6)46(61(14)51(68)44(32(2)3)59-50(67)45(33(4)5)60(12)13)41(71-15)31-43(64)62-27-21-25-40(62)47(72-16)35(7)48(65)58-39(29-37-23-19-18-20-24-37)49(66)56-26-22-28-73-52(69)36(8)57-42(63)30-38(55)53(70)74-54(9,10)11/h18-20,23-24,32-36,38-41,44-47H,17,21-22,25-31,55H2,1-16H3,(H,56,66)(H,57,63)(H,58,65)(H,59,67)/t34-,35+,36?,38?,39-,40-,41+,44?,45?,46-,47+/m0/s1. The third-order valence-corrected chi connectivity index (χ3v) is 13.6. The molecular weight excluding hydrogens is 953 g/mol. The number of likely N-dealkylation sites (N-methyl/N-ethyl adjacent to an activating group) is 2. The lowest BCUT2D eigenvalue weighted by Crippen LogP contribution is -2.59. The Hall–Kier alpha value is -5.18. The topological polar surface area (TPSA) is 257 Å². The number of carbonyl (C=O) groups excluding carboxylic acids is 8. The molecule has 0 bridgehead atoms. The van der Waals surface area contributed by atoms with Gasteiger partial charge in [-0.3, -0.25) is 38.5 Å². The van der Waals surface area contributed by atoms with Crippen LogP contribution in [-0.4, -0.2) is 177 Å². The van der Waals surface area contributed by atoms with Gasteiger partial charge >= 0.3 is 11.9 Å². The van der Waals surface area contributed by atoms with Crippen LogP contribution in [-0.2, 0) is 63.7 Å². The van der Waals surface area contributed by atoms with Crippen molar-refractivity contribution in [2.75, 3.05) is 55.1 Å². The van der Waals surface area contributed by atoms with Crippen LogP contribution in [0.5, 0.6) is 0 Å². The second kappa shape index (κ2) is 31.0. The van der Waals surface area contributed by atoms with Gasteiger partial charge in [0.1, 0.15) is 29.8 Å². The van der Waals surface area contributed by atoms with Crippen LogP contribution in [0.25, 0.3) is 0 Å². The molecule has 0 spiro atoms. The molecule has 6 amide bonds. The summed E-state index contributed by atoms with van der Waals surface area (Å²) < 4.78 is 22.6. The van der Waals surface area contributed by atoms with E-state index in [-0.39, 0.29) is 74.3 Å². The number of likely N-dealkylation sites (tertiary alicyclic amines) is 1. The smallest absolute Gasteiger partial charge is 0.328 e. The van der Waals surface area contributed by atoms with Crippen LogP contribution in [0.2, 0.25) is 0 Å². The fraction of sp³-hybridized carbons (Fsp3) is 0.741. The number of hydrogen-bond acceptors (Lipinski definition) is 14. The summed E-state index contributed by atoms with van der Waals surface area (Å²) in [5.74, 6) is -4.83. The molecule has 20 heteroatoms. The number of rotatable bonds is 30. The molecule has 0 aliphatic carbocycles. The number of methoxy groups -OCH3 is 2. The normalized spacial score (nSPS) is 17.9. The Balaban J connectivity index is 2.17. The largest absolute Gasteiger partial charge is 0.464 e. The van der Waals surface area contributed by atoms with Crippen LogP contribution in [0.4, 0.5) is 0 Å². The third kappa shape index (κ3) is 20.2. The Morgan fingerprint density at radius 3 is 1.99 bits per heavy atom. The van der Waals surface area contributed by atoms with Crippen molar-refractivity contribution in [1.82, 2.24) is 36.0 Å². The second-order valence-electron chi connectivity index (χ2n) is 21.7. The van der Waals surface area contributed by atoms with E-state index in [1.54, 1.807) is 44.5 Å². The molecule has 6 N–H and O–H groups in total. The maximum atomic E-state index is 14.5. The Morgan fingerprint density at radius 2 is 1.45 bits per heavy atom. The molecule has 1 saturated heterocycles. The Labute approximate surface area is 441 Å². The summed E-state index contributed by atoms with van der Waals surface area (Å²) in [7, 11) is 8.40. The summed E-state index contributed by atoms with van der Waals surface area (Å²) in [5, 5.41) is 11.3. The fourth-order valence-corrected chi connectivity index (χ4v) is 9.50. The average molecular weight is 1050 g/mol. The first kappa shape index (κ1) is 64.9. The van der Waals surface area contributed by atoms with Gasteiger partial charge in [0.15, 0.2) is 0 Å². The van der Waals surface area contributed by atoms with Gasteiger partial charge < -0.3 is 55.7 Å². The van der Waals surface area contributed by atoms with Crippen molar-refractivity contribution in [3.05, 3.63) is 35.9 Å². The predicted molar refractivity (Wildman–Crippen MR) is 282 cm³/mol. The van der Waals surface area contributed by atoms with E-state index < -0.39 is 95.7 Å². The van der Waals surface area contributed by atoms with Crippen molar-refractivity contribution in [3.63, 3.8) is 0 Å². The monoisotopic (exact) mass is 1040 g/mol. The summed E-state index contributed by atoms with van der Waals surface area (Å²) in [5.41, 5.74) is 5.84. The zero-order chi connectivity index (χ0) is 56.2. The molecule has 1 aliphatic rings. The molecule has 11 atom stereocenters. The van der Waals surface area contributed by atoms with Gasteiger partial charge in [0.05, 0.1) is 55.7 Å². The van der Waals surface area contributed by atoms with Gasteiger partial charge in [-0.2, -0.15) is 0 Å². The lowest BCUT2D eigenvalue weighted by Gasteiger charge is -2.41. The number of ether oxygens (including phenoxy) is 4. The SMILES string of the molecule is CC[C@H](C)[C@@H]([C@@H](CC(=O)N1CCC[C@H]1[C@H](OC)[C@@H](C)C(=O)N[C@@H](Cc1ccccc1)C(=O)NCCCOC(=O)C(C)NC(=O)CC(N)C(=O)OC(C)(C)C)OC)N(C)C(=O)C(NC(=O)C(C(C)C)N(C)C)C(C)C. The van der Waals surface area contributed by atoms with Gasteiger partial charge in [-0.05, 0) is 84.4 Å². The van der Waals surface area contributed by atoms with Crippen molar-refractivity contribution in [3.8, 4) is 0 Å². The van der Waals surface area contributed by atoms with Crippen molar-refractivity contribution in [2.45, 2.75) is 181 Å². The van der Waals surface area contributed by atoms with Crippen molar-refractivity contribution >= 4 is 47.4 Å². The summed E-state index contributed by atoms with van der Waals surface area (Å²) in [6.45, 7) is 20.4. The van der Waals surface area contributed by atoms with Crippen molar-refractivity contribution in [2.24, 2.45) is 29.4 Å². The van der Waals surface area contributed by atoms with E-state index in [1.165, 1.54) is 21.1 Å². The van der Waals surface area contributed by atoms with Crippen LogP contribution in [0.3, 0.4) is 0 Å². The number of carbonyl (C=O) groups is 8.